The third-order valence-corrected chi connectivity index (χ3v) is 7.12. The second kappa shape index (κ2) is 6.89. The maximum absolute atomic E-state index is 13.5. The standard InChI is InChI=1S/C23H21BrN2O3/c1-13(27)14-6-10-17(11-7-14)26-22(28)19-18-3-2-12-25(18)21(20(19)23(26)29)15-4-8-16(24)9-5-15/h4-11,18-21H,2-3,12H2,1H3/t18-,19-,20-,21+/m0/s1. The Morgan fingerprint density at radius 1 is 0.966 bits per heavy atom. The third-order valence-electron chi connectivity index (χ3n) is 6.60. The van der Waals surface area contributed by atoms with Gasteiger partial charge in [-0.25, -0.2) is 4.90 Å². The number of fused-ring (bicyclic) bond motifs is 3. The van der Waals surface area contributed by atoms with Crippen molar-refractivity contribution in [3.8, 4) is 0 Å². The molecule has 4 atom stereocenters. The van der Waals surface area contributed by atoms with E-state index in [4.69, 9.17) is 0 Å². The van der Waals surface area contributed by atoms with Gasteiger partial charge >= 0.3 is 0 Å². The predicted molar refractivity (Wildman–Crippen MR) is 113 cm³/mol. The zero-order valence-corrected chi connectivity index (χ0v) is 17.6. The molecule has 2 amide bonds. The Hall–Kier alpha value is -2.31. The van der Waals surface area contributed by atoms with E-state index in [1.54, 1.807) is 24.3 Å². The highest BCUT2D eigenvalue weighted by Crippen LogP contribution is 2.53. The van der Waals surface area contributed by atoms with Crippen LogP contribution in [0.15, 0.2) is 53.0 Å². The molecule has 0 bridgehead atoms. The highest BCUT2D eigenvalue weighted by Gasteiger charge is 2.63. The molecule has 3 heterocycles. The number of benzene rings is 2. The molecular formula is C23H21BrN2O3. The van der Waals surface area contributed by atoms with E-state index in [1.165, 1.54) is 11.8 Å². The third kappa shape index (κ3) is 2.81. The number of halogens is 1. The lowest BCUT2D eigenvalue weighted by molar-refractivity contribution is -0.123. The van der Waals surface area contributed by atoms with Gasteiger partial charge in [0.15, 0.2) is 5.78 Å². The average molecular weight is 453 g/mol. The smallest absolute Gasteiger partial charge is 0.239 e. The lowest BCUT2D eigenvalue weighted by Gasteiger charge is -2.29. The Morgan fingerprint density at radius 3 is 2.28 bits per heavy atom. The van der Waals surface area contributed by atoms with Gasteiger partial charge in [0, 0.05) is 22.1 Å². The first-order valence-electron chi connectivity index (χ1n) is 9.97. The molecule has 0 unspecified atom stereocenters. The number of carbonyl (C=O) groups is 3. The molecule has 2 aromatic carbocycles. The highest BCUT2D eigenvalue weighted by molar-refractivity contribution is 9.10. The maximum atomic E-state index is 13.5. The van der Waals surface area contributed by atoms with Gasteiger partial charge in [-0.3, -0.25) is 19.3 Å². The van der Waals surface area contributed by atoms with Crippen molar-refractivity contribution in [2.24, 2.45) is 11.8 Å². The molecule has 6 heteroatoms. The molecule has 3 aliphatic rings. The molecule has 3 saturated heterocycles. The number of hydrogen-bond acceptors (Lipinski definition) is 4. The minimum atomic E-state index is -0.360. The van der Waals surface area contributed by atoms with Crippen molar-refractivity contribution >= 4 is 39.2 Å². The molecule has 0 saturated carbocycles. The normalized spacial score (nSPS) is 28.7. The minimum Gasteiger partial charge on any atom is -0.295 e. The first-order valence-corrected chi connectivity index (χ1v) is 10.8. The topological polar surface area (TPSA) is 57.7 Å². The maximum Gasteiger partial charge on any atom is 0.239 e. The predicted octanol–water partition coefficient (Wildman–Crippen LogP) is 3.98. The van der Waals surface area contributed by atoms with E-state index in [0.717, 1.165) is 29.4 Å². The molecule has 0 aliphatic carbocycles. The van der Waals surface area contributed by atoms with Crippen molar-refractivity contribution in [2.45, 2.75) is 31.8 Å². The van der Waals surface area contributed by atoms with E-state index in [9.17, 15) is 14.4 Å². The summed E-state index contributed by atoms with van der Waals surface area (Å²) in [5, 5.41) is 0. The average Bonchev–Trinajstić information content (AvgIpc) is 3.35. The van der Waals surface area contributed by atoms with Crippen molar-refractivity contribution < 1.29 is 14.4 Å². The van der Waals surface area contributed by atoms with E-state index in [1.807, 2.05) is 12.1 Å². The molecule has 0 radical (unpaired) electrons. The number of rotatable bonds is 3. The zero-order chi connectivity index (χ0) is 20.3. The van der Waals surface area contributed by atoms with Gasteiger partial charge in [-0.2, -0.15) is 0 Å². The van der Waals surface area contributed by atoms with Crippen LogP contribution in [0.2, 0.25) is 0 Å². The van der Waals surface area contributed by atoms with E-state index in [-0.39, 0.29) is 41.5 Å². The molecule has 3 fully saturated rings. The van der Waals surface area contributed by atoms with Gasteiger partial charge in [-0.1, -0.05) is 28.1 Å². The minimum absolute atomic E-state index is 0.0376. The van der Waals surface area contributed by atoms with Gasteiger partial charge < -0.3 is 0 Å². The number of amides is 2. The van der Waals surface area contributed by atoms with Crippen molar-refractivity contribution in [3.63, 3.8) is 0 Å². The number of hydrogen-bond donors (Lipinski definition) is 0. The van der Waals surface area contributed by atoms with E-state index in [2.05, 4.69) is 33.0 Å². The molecule has 5 nitrogen and oxygen atoms in total. The van der Waals surface area contributed by atoms with Gasteiger partial charge in [0.1, 0.15) is 0 Å². The molecule has 0 spiro atoms. The molecule has 0 aromatic heterocycles. The number of carbonyl (C=O) groups excluding carboxylic acids is 3. The van der Waals surface area contributed by atoms with Crippen LogP contribution in [0.3, 0.4) is 0 Å². The van der Waals surface area contributed by atoms with E-state index in [0.29, 0.717) is 11.3 Å². The van der Waals surface area contributed by atoms with Crippen molar-refractivity contribution in [1.82, 2.24) is 4.90 Å². The summed E-state index contributed by atoms with van der Waals surface area (Å²) in [4.78, 5) is 42.2. The summed E-state index contributed by atoms with van der Waals surface area (Å²) in [7, 11) is 0. The lowest BCUT2D eigenvalue weighted by Crippen LogP contribution is -2.39. The first-order chi connectivity index (χ1) is 14.0. The monoisotopic (exact) mass is 452 g/mol. The van der Waals surface area contributed by atoms with Crippen molar-refractivity contribution in [2.75, 3.05) is 11.4 Å². The Kier molecular flexibility index (Phi) is 4.44. The molecule has 0 N–H and O–H groups in total. The summed E-state index contributed by atoms with van der Waals surface area (Å²) in [5.74, 6) is -0.929. The van der Waals surface area contributed by atoms with Crippen LogP contribution >= 0.6 is 15.9 Å². The molecular weight excluding hydrogens is 432 g/mol. The number of Topliss-reactive ketones (excluding diaryl/α,β-unsaturated/α-hetero) is 1. The molecule has 2 aromatic rings. The summed E-state index contributed by atoms with van der Waals surface area (Å²) >= 11 is 3.48. The Morgan fingerprint density at radius 2 is 1.62 bits per heavy atom. The van der Waals surface area contributed by atoms with Crippen LogP contribution in [0.5, 0.6) is 0 Å². The van der Waals surface area contributed by atoms with Crippen LogP contribution in [0.4, 0.5) is 5.69 Å². The van der Waals surface area contributed by atoms with Gasteiger partial charge in [-0.15, -0.1) is 0 Å². The van der Waals surface area contributed by atoms with Gasteiger partial charge in [0.05, 0.1) is 17.5 Å². The van der Waals surface area contributed by atoms with Crippen LogP contribution in [0, 0.1) is 11.8 Å². The summed E-state index contributed by atoms with van der Waals surface area (Å²) in [6, 6.07) is 14.9. The summed E-state index contributed by atoms with van der Waals surface area (Å²) in [6.45, 7) is 2.43. The first kappa shape index (κ1) is 18.7. The van der Waals surface area contributed by atoms with E-state index >= 15 is 0 Å². The van der Waals surface area contributed by atoms with E-state index < -0.39 is 0 Å². The number of nitrogens with zero attached hydrogens (tertiary/aromatic N) is 2. The quantitative estimate of drug-likeness (QED) is 0.521. The van der Waals surface area contributed by atoms with Crippen LogP contribution in [0.25, 0.3) is 0 Å². The van der Waals surface area contributed by atoms with Gasteiger partial charge in [0.2, 0.25) is 11.8 Å². The van der Waals surface area contributed by atoms with Crippen molar-refractivity contribution in [1.29, 1.82) is 0 Å². The summed E-state index contributed by atoms with van der Waals surface area (Å²) in [5.41, 5.74) is 2.21. The van der Waals surface area contributed by atoms with Gasteiger partial charge in [-0.05, 0) is 68.3 Å². The second-order valence-electron chi connectivity index (χ2n) is 8.11. The van der Waals surface area contributed by atoms with Gasteiger partial charge in [0.25, 0.3) is 0 Å². The second-order valence-corrected chi connectivity index (χ2v) is 9.03. The number of ketones is 1. The fourth-order valence-electron chi connectivity index (χ4n) is 5.36. The Balaban J connectivity index is 1.54. The van der Waals surface area contributed by atoms with Crippen molar-refractivity contribution in [3.05, 3.63) is 64.1 Å². The highest BCUT2D eigenvalue weighted by atomic mass is 79.9. The Labute approximate surface area is 177 Å². The number of imide groups is 1. The summed E-state index contributed by atoms with van der Waals surface area (Å²) < 4.78 is 0.995. The molecule has 29 heavy (non-hydrogen) atoms. The SMILES string of the molecule is CC(=O)c1ccc(N2C(=O)[C@@H]3[C@H](C2=O)[C@@H](c2ccc(Br)cc2)N2CCC[C@@H]32)cc1. The fourth-order valence-corrected chi connectivity index (χ4v) is 5.62. The Bertz CT molecular complexity index is 1000. The molecule has 148 valence electrons. The molecule has 5 rings (SSSR count). The largest absolute Gasteiger partial charge is 0.295 e. The lowest BCUT2D eigenvalue weighted by atomic mass is 9.85. The van der Waals surface area contributed by atoms with Crippen LogP contribution in [0.1, 0.15) is 41.7 Å². The zero-order valence-electron chi connectivity index (χ0n) is 16.0. The number of anilines is 1. The van der Waals surface area contributed by atoms with Crippen LogP contribution in [-0.2, 0) is 9.59 Å². The summed E-state index contributed by atoms with van der Waals surface area (Å²) in [6.07, 6.45) is 2.00. The fraction of sp³-hybridized carbons (Fsp3) is 0.348. The van der Waals surface area contributed by atoms with Crippen LogP contribution in [-0.4, -0.2) is 35.1 Å². The molecule has 3 aliphatic heterocycles. The van der Waals surface area contributed by atoms with Crippen LogP contribution < -0.4 is 4.90 Å².